The van der Waals surface area contributed by atoms with Crippen LogP contribution < -0.4 is 0 Å². The summed E-state index contributed by atoms with van der Waals surface area (Å²) in [6.07, 6.45) is 3.04. The Kier molecular flexibility index (Phi) is 8.93. The van der Waals surface area contributed by atoms with Gasteiger partial charge in [0.05, 0.1) is 18.0 Å². The summed E-state index contributed by atoms with van der Waals surface area (Å²) in [6, 6.07) is 0. The highest BCUT2D eigenvalue weighted by molar-refractivity contribution is 7.86. The van der Waals surface area contributed by atoms with Gasteiger partial charge in [0.25, 0.3) is 10.1 Å². The van der Waals surface area contributed by atoms with Gasteiger partial charge >= 0.3 is 0 Å². The van der Waals surface area contributed by atoms with Gasteiger partial charge in [-0.05, 0) is 44.6 Å². The van der Waals surface area contributed by atoms with Crippen molar-refractivity contribution < 1.29 is 22.5 Å². The number of rotatable bonds is 10. The molecule has 0 amide bonds. The van der Waals surface area contributed by atoms with Gasteiger partial charge in [0.15, 0.2) is 0 Å². The average Bonchev–Trinajstić information content (AvgIpc) is 2.29. The smallest absolute Gasteiger partial charge is 0.267 e. The van der Waals surface area contributed by atoms with Crippen LogP contribution in [0.3, 0.4) is 0 Å². The summed E-state index contributed by atoms with van der Waals surface area (Å²) in [7, 11) is -3.52. The Labute approximate surface area is 122 Å². The van der Waals surface area contributed by atoms with Crippen molar-refractivity contribution in [3.8, 4) is 0 Å². The van der Waals surface area contributed by atoms with Crippen LogP contribution in [-0.2, 0) is 19.1 Å². The van der Waals surface area contributed by atoms with Gasteiger partial charge in [-0.1, -0.05) is 19.9 Å². The van der Waals surface area contributed by atoms with E-state index in [1.54, 1.807) is 13.8 Å². The molecule has 0 rings (SSSR count). The van der Waals surface area contributed by atoms with Crippen molar-refractivity contribution in [2.75, 3.05) is 5.75 Å². The Bertz CT molecular complexity index is 398. The van der Waals surface area contributed by atoms with E-state index < -0.39 is 16.2 Å². The van der Waals surface area contributed by atoms with Crippen molar-refractivity contribution in [2.45, 2.75) is 52.7 Å². The van der Waals surface area contributed by atoms with Gasteiger partial charge in [-0.2, -0.15) is 8.42 Å². The number of aliphatic hydroxyl groups is 1. The highest BCUT2D eigenvalue weighted by Gasteiger charge is 2.21. The van der Waals surface area contributed by atoms with E-state index in [2.05, 4.69) is 0 Å². The second-order valence-electron chi connectivity index (χ2n) is 5.52. The molecule has 0 aromatic rings. The maximum absolute atomic E-state index is 11.7. The van der Waals surface area contributed by atoms with Crippen LogP contribution in [0, 0.1) is 11.8 Å². The van der Waals surface area contributed by atoms with E-state index in [1.807, 2.05) is 13.8 Å². The first-order valence-electron chi connectivity index (χ1n) is 6.89. The third-order valence-electron chi connectivity index (χ3n) is 2.98. The van der Waals surface area contributed by atoms with Gasteiger partial charge in [0, 0.05) is 0 Å². The molecule has 0 aliphatic heterocycles. The van der Waals surface area contributed by atoms with Gasteiger partial charge in [-0.25, -0.2) is 0 Å². The average molecular weight is 306 g/mol. The Hall–Kier alpha value is -0.720. The zero-order valence-corrected chi connectivity index (χ0v) is 13.5. The molecule has 0 bridgehead atoms. The summed E-state index contributed by atoms with van der Waals surface area (Å²) in [5, 5.41) is 9.75. The minimum absolute atomic E-state index is 0.0480. The fraction of sp³-hybridized carbons (Fsp3) is 0.786. The molecule has 0 fully saturated rings. The van der Waals surface area contributed by atoms with E-state index in [4.69, 9.17) is 4.18 Å². The summed E-state index contributed by atoms with van der Waals surface area (Å²) in [6.45, 7) is 7.31. The van der Waals surface area contributed by atoms with Gasteiger partial charge < -0.3 is 5.11 Å². The molecule has 0 aliphatic carbocycles. The van der Waals surface area contributed by atoms with Crippen LogP contribution in [0.25, 0.3) is 0 Å². The van der Waals surface area contributed by atoms with Crippen LogP contribution in [0.5, 0.6) is 0 Å². The van der Waals surface area contributed by atoms with Gasteiger partial charge in [-0.15, -0.1) is 0 Å². The normalized spacial score (nSPS) is 15.9. The second kappa shape index (κ2) is 9.26. The van der Waals surface area contributed by atoms with Crippen LogP contribution in [-0.4, -0.2) is 37.8 Å². The number of hydrogen-bond donors (Lipinski definition) is 1. The summed E-state index contributed by atoms with van der Waals surface area (Å²) >= 11 is 0. The molecular formula is C14H26O5S. The topological polar surface area (TPSA) is 80.7 Å². The molecule has 0 heterocycles. The molecule has 5 nitrogen and oxygen atoms in total. The van der Waals surface area contributed by atoms with Crippen LogP contribution in [0.15, 0.2) is 12.2 Å². The third kappa shape index (κ3) is 9.23. The second-order valence-corrected chi connectivity index (χ2v) is 7.24. The van der Waals surface area contributed by atoms with Crippen molar-refractivity contribution in [1.82, 2.24) is 0 Å². The molecule has 1 N–H and O–H groups in total. The first-order chi connectivity index (χ1) is 9.18. The van der Waals surface area contributed by atoms with Gasteiger partial charge in [0.1, 0.15) is 6.29 Å². The summed E-state index contributed by atoms with van der Waals surface area (Å²) < 4.78 is 28.2. The summed E-state index contributed by atoms with van der Waals surface area (Å²) in [5.41, 5.74) is 0. The van der Waals surface area contributed by atoms with Crippen molar-refractivity contribution in [3.05, 3.63) is 12.2 Å². The van der Waals surface area contributed by atoms with Crippen LogP contribution in [0.4, 0.5) is 0 Å². The zero-order valence-electron chi connectivity index (χ0n) is 12.7. The molecule has 0 saturated carbocycles. The Morgan fingerprint density at radius 3 is 2.25 bits per heavy atom. The Morgan fingerprint density at radius 1 is 1.20 bits per heavy atom. The molecule has 0 aliphatic rings. The lowest BCUT2D eigenvalue weighted by Crippen LogP contribution is -2.22. The zero-order chi connectivity index (χ0) is 15.8. The van der Waals surface area contributed by atoms with E-state index in [9.17, 15) is 18.3 Å². The highest BCUT2D eigenvalue weighted by atomic mass is 32.2. The molecule has 2 atom stereocenters. The minimum Gasteiger partial charge on any atom is -0.389 e. The molecule has 0 aromatic heterocycles. The van der Waals surface area contributed by atoms with E-state index in [1.165, 1.54) is 12.2 Å². The first-order valence-corrected chi connectivity index (χ1v) is 8.46. The number of aldehydes is 1. The van der Waals surface area contributed by atoms with E-state index in [0.717, 1.165) is 0 Å². The monoisotopic (exact) mass is 306 g/mol. The highest BCUT2D eigenvalue weighted by Crippen LogP contribution is 2.22. The number of hydrogen-bond acceptors (Lipinski definition) is 5. The molecule has 118 valence electrons. The van der Waals surface area contributed by atoms with Crippen LogP contribution in [0.1, 0.15) is 40.5 Å². The number of aliphatic hydroxyl groups excluding tert-OH is 1. The number of carbonyl (C=O) groups is 1. The van der Waals surface area contributed by atoms with Crippen LogP contribution in [0.2, 0.25) is 0 Å². The van der Waals surface area contributed by atoms with Gasteiger partial charge in [0.2, 0.25) is 0 Å². The third-order valence-corrected chi connectivity index (χ3v) is 4.39. The predicted molar refractivity (Wildman–Crippen MR) is 78.8 cm³/mol. The molecular weight excluding hydrogens is 280 g/mol. The fourth-order valence-electron chi connectivity index (χ4n) is 1.92. The standard InChI is InChI=1S/C14H26O5S/c1-11(2)13(10-14(16)6-5-8-15)7-9-20(17,18)19-12(3)4/h5-6,8,11-14,16H,7,9-10H2,1-4H3. The van der Waals surface area contributed by atoms with Crippen molar-refractivity contribution in [1.29, 1.82) is 0 Å². The molecule has 0 spiro atoms. The minimum atomic E-state index is -3.52. The van der Waals surface area contributed by atoms with Crippen molar-refractivity contribution in [2.24, 2.45) is 11.8 Å². The van der Waals surface area contributed by atoms with E-state index in [0.29, 0.717) is 19.1 Å². The van der Waals surface area contributed by atoms with Crippen molar-refractivity contribution in [3.63, 3.8) is 0 Å². The fourth-order valence-corrected chi connectivity index (χ4v) is 3.20. The SMILES string of the molecule is CC(C)OS(=O)(=O)CCC(CC(O)C=CC=O)C(C)C. The molecule has 0 saturated heterocycles. The number of carbonyl (C=O) groups excluding carboxylic acids is 1. The molecule has 0 radical (unpaired) electrons. The van der Waals surface area contributed by atoms with E-state index >= 15 is 0 Å². The molecule has 2 unspecified atom stereocenters. The lowest BCUT2D eigenvalue weighted by atomic mass is 9.88. The molecule has 20 heavy (non-hydrogen) atoms. The molecule has 6 heteroatoms. The van der Waals surface area contributed by atoms with E-state index in [-0.39, 0.29) is 23.7 Å². The van der Waals surface area contributed by atoms with Gasteiger partial charge in [-0.3, -0.25) is 8.98 Å². The van der Waals surface area contributed by atoms with Crippen LogP contribution >= 0.6 is 0 Å². The molecule has 0 aromatic carbocycles. The summed E-state index contributed by atoms with van der Waals surface area (Å²) in [4.78, 5) is 10.2. The lowest BCUT2D eigenvalue weighted by Gasteiger charge is -2.22. The maximum atomic E-state index is 11.7. The largest absolute Gasteiger partial charge is 0.389 e. The quantitative estimate of drug-likeness (QED) is 0.379. The maximum Gasteiger partial charge on any atom is 0.267 e. The predicted octanol–water partition coefficient (Wildman–Crippen LogP) is 1.91. The Morgan fingerprint density at radius 2 is 1.80 bits per heavy atom. The number of allylic oxidation sites excluding steroid dienone is 1. The Balaban J connectivity index is 4.49. The lowest BCUT2D eigenvalue weighted by molar-refractivity contribution is -0.104. The van der Waals surface area contributed by atoms with Crippen molar-refractivity contribution >= 4 is 16.4 Å². The first kappa shape index (κ1) is 19.3. The summed E-state index contributed by atoms with van der Waals surface area (Å²) in [5.74, 6) is 0.230.